The molecular formula is C13H15N5O5. The molecule has 0 saturated heterocycles. The standard InChI is InChI=1S/C13H15N5O5/c1-3-17-8-9(7-14-15-13(19)22-4-2)12(16-17)10-5-6-11(23-10)18(20)21/h5-8H,3-4H2,1-2H3,(H,15,19)/b14-7+. The van der Waals surface area contributed by atoms with Crippen molar-refractivity contribution in [3.8, 4) is 11.5 Å². The number of nitrogens with zero attached hydrogens (tertiary/aromatic N) is 4. The molecule has 0 radical (unpaired) electrons. The Bertz CT molecular complexity index is 733. The number of nitro groups is 1. The van der Waals surface area contributed by atoms with Crippen molar-refractivity contribution >= 4 is 18.2 Å². The maximum absolute atomic E-state index is 11.2. The molecule has 1 N–H and O–H groups in total. The maximum Gasteiger partial charge on any atom is 0.433 e. The van der Waals surface area contributed by atoms with Gasteiger partial charge < -0.3 is 9.15 Å². The highest BCUT2D eigenvalue weighted by Crippen LogP contribution is 2.26. The Balaban J connectivity index is 2.25. The molecule has 2 aromatic rings. The third-order valence-electron chi connectivity index (χ3n) is 2.75. The Morgan fingerprint density at radius 3 is 2.96 bits per heavy atom. The number of hydrazone groups is 1. The fraction of sp³-hybridized carbons (Fsp3) is 0.308. The van der Waals surface area contributed by atoms with Crippen molar-refractivity contribution in [2.75, 3.05) is 6.61 Å². The molecule has 2 heterocycles. The summed E-state index contributed by atoms with van der Waals surface area (Å²) in [7, 11) is 0. The number of ether oxygens (including phenoxy) is 1. The van der Waals surface area contributed by atoms with Crippen LogP contribution in [0.3, 0.4) is 0 Å². The number of rotatable bonds is 6. The molecule has 10 heteroatoms. The zero-order chi connectivity index (χ0) is 16.8. The van der Waals surface area contributed by atoms with Crippen molar-refractivity contribution in [2.24, 2.45) is 5.10 Å². The SMILES string of the molecule is CCOC(=O)N/N=C/c1cn(CC)nc1-c1ccc([N+](=O)[O-])o1. The van der Waals surface area contributed by atoms with Crippen LogP contribution in [0.15, 0.2) is 27.8 Å². The molecule has 2 aromatic heterocycles. The number of carbonyl (C=O) groups is 1. The summed E-state index contributed by atoms with van der Waals surface area (Å²) in [5, 5.41) is 18.7. The zero-order valence-corrected chi connectivity index (χ0v) is 12.6. The molecule has 23 heavy (non-hydrogen) atoms. The summed E-state index contributed by atoms with van der Waals surface area (Å²) in [4.78, 5) is 21.2. The second-order valence-electron chi connectivity index (χ2n) is 4.27. The lowest BCUT2D eigenvalue weighted by Gasteiger charge is -1.98. The van der Waals surface area contributed by atoms with Crippen LogP contribution >= 0.6 is 0 Å². The summed E-state index contributed by atoms with van der Waals surface area (Å²) in [6, 6.07) is 2.70. The number of aromatic nitrogens is 2. The molecular weight excluding hydrogens is 306 g/mol. The number of nitrogens with one attached hydrogen (secondary N) is 1. The Hall–Kier alpha value is -3.17. The van der Waals surface area contributed by atoms with E-state index in [1.165, 1.54) is 18.3 Å². The minimum absolute atomic E-state index is 0.233. The average molecular weight is 321 g/mol. The molecule has 0 spiro atoms. The first kappa shape index (κ1) is 16.2. The number of furan rings is 1. The van der Waals surface area contributed by atoms with E-state index < -0.39 is 11.0 Å². The number of amides is 1. The van der Waals surface area contributed by atoms with Gasteiger partial charge in [-0.2, -0.15) is 10.2 Å². The van der Waals surface area contributed by atoms with Crippen molar-refractivity contribution in [1.82, 2.24) is 15.2 Å². The van der Waals surface area contributed by atoms with Crippen LogP contribution in [-0.4, -0.2) is 33.6 Å². The Kier molecular flexibility index (Phi) is 5.07. The van der Waals surface area contributed by atoms with Crippen molar-refractivity contribution in [2.45, 2.75) is 20.4 Å². The van der Waals surface area contributed by atoms with E-state index in [-0.39, 0.29) is 18.3 Å². The van der Waals surface area contributed by atoms with E-state index in [1.807, 2.05) is 6.92 Å². The molecule has 0 saturated carbocycles. The normalized spacial score (nSPS) is 10.9. The van der Waals surface area contributed by atoms with Crippen molar-refractivity contribution < 1.29 is 18.9 Å². The van der Waals surface area contributed by atoms with Gasteiger partial charge in [0.1, 0.15) is 10.6 Å². The van der Waals surface area contributed by atoms with E-state index >= 15 is 0 Å². The Labute approximate surface area is 130 Å². The second kappa shape index (κ2) is 7.20. The van der Waals surface area contributed by atoms with Crippen molar-refractivity contribution in [1.29, 1.82) is 0 Å². The molecule has 122 valence electrons. The van der Waals surface area contributed by atoms with Crippen LogP contribution < -0.4 is 5.43 Å². The zero-order valence-electron chi connectivity index (χ0n) is 12.6. The lowest BCUT2D eigenvalue weighted by atomic mass is 10.2. The van der Waals surface area contributed by atoms with E-state index in [4.69, 9.17) is 4.42 Å². The van der Waals surface area contributed by atoms with Gasteiger partial charge in [0.2, 0.25) is 0 Å². The van der Waals surface area contributed by atoms with Crippen molar-refractivity contribution in [3.05, 3.63) is 34.0 Å². The third kappa shape index (κ3) is 3.93. The smallest absolute Gasteiger partial charge is 0.433 e. The maximum atomic E-state index is 11.2. The Morgan fingerprint density at radius 2 is 2.35 bits per heavy atom. The quantitative estimate of drug-likeness (QED) is 0.493. The summed E-state index contributed by atoms with van der Waals surface area (Å²) in [5.41, 5.74) is 3.11. The monoisotopic (exact) mass is 321 g/mol. The van der Waals surface area contributed by atoms with Crippen molar-refractivity contribution in [3.63, 3.8) is 0 Å². The lowest BCUT2D eigenvalue weighted by Crippen LogP contribution is -2.18. The highest BCUT2D eigenvalue weighted by molar-refractivity contribution is 5.88. The second-order valence-corrected chi connectivity index (χ2v) is 4.27. The van der Waals surface area contributed by atoms with Gasteiger partial charge in [0.25, 0.3) is 0 Å². The predicted octanol–water partition coefficient (Wildman–Crippen LogP) is 2.15. The summed E-state index contributed by atoms with van der Waals surface area (Å²) in [6.07, 6.45) is 2.36. The fourth-order valence-corrected chi connectivity index (χ4v) is 1.76. The number of hydrogen-bond donors (Lipinski definition) is 1. The van der Waals surface area contributed by atoms with Gasteiger partial charge in [-0.15, -0.1) is 0 Å². The average Bonchev–Trinajstić information content (AvgIpc) is 3.13. The van der Waals surface area contributed by atoms with E-state index in [0.29, 0.717) is 17.8 Å². The molecule has 0 aliphatic rings. The van der Waals surface area contributed by atoms with Gasteiger partial charge in [-0.25, -0.2) is 10.2 Å². The molecule has 2 rings (SSSR count). The molecule has 0 bridgehead atoms. The first-order chi connectivity index (χ1) is 11.0. The summed E-state index contributed by atoms with van der Waals surface area (Å²) in [5.74, 6) is -0.139. The number of hydrogen-bond acceptors (Lipinski definition) is 7. The van der Waals surface area contributed by atoms with Gasteiger partial charge in [-0.3, -0.25) is 14.8 Å². The van der Waals surface area contributed by atoms with Gasteiger partial charge in [0, 0.05) is 18.3 Å². The van der Waals surface area contributed by atoms with E-state index in [9.17, 15) is 14.9 Å². The minimum atomic E-state index is -0.679. The van der Waals surface area contributed by atoms with Crippen LogP contribution in [0.25, 0.3) is 11.5 Å². The molecule has 1 amide bonds. The third-order valence-corrected chi connectivity index (χ3v) is 2.75. The Morgan fingerprint density at radius 1 is 1.57 bits per heavy atom. The largest absolute Gasteiger partial charge is 0.449 e. The van der Waals surface area contributed by atoms with Gasteiger partial charge >= 0.3 is 12.0 Å². The highest BCUT2D eigenvalue weighted by atomic mass is 16.6. The van der Waals surface area contributed by atoms with Gasteiger partial charge in [0.05, 0.1) is 18.9 Å². The lowest BCUT2D eigenvalue weighted by molar-refractivity contribution is -0.401. The van der Waals surface area contributed by atoms with Crippen LogP contribution in [-0.2, 0) is 11.3 Å². The molecule has 0 aliphatic heterocycles. The molecule has 0 aliphatic carbocycles. The van der Waals surface area contributed by atoms with Crippen LogP contribution in [0.2, 0.25) is 0 Å². The molecule has 0 aromatic carbocycles. The first-order valence-corrected chi connectivity index (χ1v) is 6.83. The molecule has 0 unspecified atom stereocenters. The molecule has 10 nitrogen and oxygen atoms in total. The van der Waals surface area contributed by atoms with Gasteiger partial charge in [-0.05, 0) is 19.9 Å². The minimum Gasteiger partial charge on any atom is -0.449 e. The summed E-state index contributed by atoms with van der Waals surface area (Å²) in [6.45, 7) is 4.39. The van der Waals surface area contributed by atoms with Crippen LogP contribution in [0.5, 0.6) is 0 Å². The molecule has 0 atom stereocenters. The van der Waals surface area contributed by atoms with E-state index in [0.717, 1.165) is 0 Å². The molecule has 0 fully saturated rings. The topological polar surface area (TPSA) is 125 Å². The summed E-state index contributed by atoms with van der Waals surface area (Å²) < 4.78 is 11.4. The van der Waals surface area contributed by atoms with Crippen LogP contribution in [0.4, 0.5) is 10.7 Å². The van der Waals surface area contributed by atoms with Gasteiger partial charge in [-0.1, -0.05) is 0 Å². The predicted molar refractivity (Wildman–Crippen MR) is 80.0 cm³/mol. The number of aryl methyl sites for hydroxylation is 1. The first-order valence-electron chi connectivity index (χ1n) is 6.83. The highest BCUT2D eigenvalue weighted by Gasteiger charge is 2.18. The summed E-state index contributed by atoms with van der Waals surface area (Å²) >= 11 is 0. The number of carbonyl (C=O) groups excluding carboxylic acids is 1. The van der Waals surface area contributed by atoms with Crippen LogP contribution in [0, 0.1) is 10.1 Å². The van der Waals surface area contributed by atoms with Crippen LogP contribution in [0.1, 0.15) is 19.4 Å². The van der Waals surface area contributed by atoms with E-state index in [1.54, 1.807) is 17.8 Å². The van der Waals surface area contributed by atoms with Gasteiger partial charge in [0.15, 0.2) is 5.76 Å². The fourth-order valence-electron chi connectivity index (χ4n) is 1.76. The van der Waals surface area contributed by atoms with E-state index in [2.05, 4.69) is 20.4 Å².